The van der Waals surface area contributed by atoms with Crippen LogP contribution in [0.15, 0.2) is 154 Å². The van der Waals surface area contributed by atoms with E-state index in [2.05, 4.69) is 153 Å². The predicted octanol–water partition coefficient (Wildman–Crippen LogP) is 12.0. The van der Waals surface area contributed by atoms with Crippen LogP contribution in [0.1, 0.15) is 88.0 Å². The van der Waals surface area contributed by atoms with E-state index in [9.17, 15) is 4.79 Å². The monoisotopic (exact) mass is 566 g/mol. The molecular formula is C40H54O2. The van der Waals surface area contributed by atoms with Gasteiger partial charge in [0.1, 0.15) is 0 Å². The number of aliphatic carboxylic acids is 1. The lowest BCUT2D eigenvalue weighted by Crippen LogP contribution is -1.95. The minimum Gasteiger partial charge on any atom is -0.478 e. The first-order valence-electron chi connectivity index (χ1n) is 14.8. The zero-order chi connectivity index (χ0) is 31.8. The fourth-order valence-electron chi connectivity index (χ4n) is 3.43. The Bertz CT molecular complexity index is 1250. The molecule has 0 unspecified atom stereocenters. The van der Waals surface area contributed by atoms with Crippen molar-refractivity contribution in [3.8, 4) is 0 Å². The highest BCUT2D eigenvalue weighted by atomic mass is 16.4. The van der Waals surface area contributed by atoms with Crippen molar-refractivity contribution in [3.05, 3.63) is 154 Å². The average Bonchev–Trinajstić information content (AvgIpc) is 2.90. The molecule has 2 nitrogen and oxygen atoms in total. The Hall–Kier alpha value is -3.91. The van der Waals surface area contributed by atoms with E-state index >= 15 is 0 Å². The summed E-state index contributed by atoms with van der Waals surface area (Å²) in [6.07, 6.45) is 41.4. The van der Waals surface area contributed by atoms with Gasteiger partial charge in [-0.15, -0.1) is 0 Å². The van der Waals surface area contributed by atoms with E-state index in [0.29, 0.717) is 5.57 Å². The molecule has 0 saturated heterocycles. The van der Waals surface area contributed by atoms with Gasteiger partial charge in [-0.05, 0) is 88.0 Å². The van der Waals surface area contributed by atoms with Crippen LogP contribution < -0.4 is 0 Å². The predicted molar refractivity (Wildman–Crippen MR) is 188 cm³/mol. The Morgan fingerprint density at radius 3 is 1.17 bits per heavy atom. The lowest BCUT2D eigenvalue weighted by molar-refractivity contribution is -0.132. The zero-order valence-corrected chi connectivity index (χ0v) is 27.6. The molecule has 0 aromatic heterocycles. The Morgan fingerprint density at radius 1 is 0.476 bits per heavy atom. The van der Waals surface area contributed by atoms with Gasteiger partial charge in [-0.3, -0.25) is 0 Å². The highest BCUT2D eigenvalue weighted by Crippen LogP contribution is 2.09. The van der Waals surface area contributed by atoms with Crippen molar-refractivity contribution in [3.63, 3.8) is 0 Å². The molecule has 0 radical (unpaired) electrons. The second-order valence-corrected chi connectivity index (χ2v) is 11.0. The summed E-state index contributed by atoms with van der Waals surface area (Å²) in [5.41, 5.74) is 9.14. The number of allylic oxidation sites excluding steroid dienone is 25. The van der Waals surface area contributed by atoms with E-state index in [1.807, 2.05) is 6.08 Å². The van der Waals surface area contributed by atoms with Gasteiger partial charge in [0.05, 0.1) is 0 Å². The van der Waals surface area contributed by atoms with Crippen LogP contribution in [0.5, 0.6) is 0 Å². The van der Waals surface area contributed by atoms with Crippen molar-refractivity contribution < 1.29 is 9.90 Å². The largest absolute Gasteiger partial charge is 0.478 e. The van der Waals surface area contributed by atoms with Gasteiger partial charge >= 0.3 is 5.97 Å². The van der Waals surface area contributed by atoms with Gasteiger partial charge in [0.15, 0.2) is 0 Å². The highest BCUT2D eigenvalue weighted by molar-refractivity contribution is 5.85. The summed E-state index contributed by atoms with van der Waals surface area (Å²) in [4.78, 5) is 10.8. The summed E-state index contributed by atoms with van der Waals surface area (Å²) in [5.74, 6) is -0.852. The van der Waals surface area contributed by atoms with Gasteiger partial charge < -0.3 is 5.11 Å². The number of rotatable bonds is 17. The van der Waals surface area contributed by atoms with Crippen LogP contribution in [0.2, 0.25) is 0 Å². The van der Waals surface area contributed by atoms with Crippen LogP contribution in [0.25, 0.3) is 0 Å². The molecule has 0 atom stereocenters. The highest BCUT2D eigenvalue weighted by Gasteiger charge is 1.97. The molecular weight excluding hydrogens is 512 g/mol. The molecule has 0 amide bonds. The Balaban J connectivity index is 4.72. The van der Waals surface area contributed by atoms with Crippen molar-refractivity contribution in [1.82, 2.24) is 0 Å². The van der Waals surface area contributed by atoms with E-state index in [0.717, 1.165) is 31.3 Å². The maximum Gasteiger partial charge on any atom is 0.330 e. The molecule has 1 N–H and O–H groups in total. The smallest absolute Gasteiger partial charge is 0.330 e. The molecule has 42 heavy (non-hydrogen) atoms. The first-order chi connectivity index (χ1) is 19.9. The van der Waals surface area contributed by atoms with Crippen LogP contribution in [-0.2, 0) is 4.79 Å². The summed E-state index contributed by atoms with van der Waals surface area (Å²) in [6, 6.07) is 0. The summed E-state index contributed by atoms with van der Waals surface area (Å²) >= 11 is 0. The molecule has 0 bridgehead atoms. The lowest BCUT2D eigenvalue weighted by Gasteiger charge is -1.97. The Labute approximate surface area is 257 Å². The van der Waals surface area contributed by atoms with E-state index in [-0.39, 0.29) is 0 Å². The van der Waals surface area contributed by atoms with Crippen molar-refractivity contribution in [2.75, 3.05) is 0 Å². The van der Waals surface area contributed by atoms with Crippen molar-refractivity contribution in [2.45, 2.75) is 88.0 Å². The third-order valence-corrected chi connectivity index (χ3v) is 6.16. The molecule has 0 aliphatic rings. The fraction of sp³-hybridized carbons (Fsp3) is 0.325. The minimum absolute atomic E-state index is 0.398. The van der Waals surface area contributed by atoms with Crippen LogP contribution in [0.3, 0.4) is 0 Å². The van der Waals surface area contributed by atoms with E-state index in [1.54, 1.807) is 13.0 Å². The van der Waals surface area contributed by atoms with Gasteiger partial charge in [-0.25, -0.2) is 4.79 Å². The quantitative estimate of drug-likeness (QED) is 0.108. The van der Waals surface area contributed by atoms with Crippen LogP contribution >= 0.6 is 0 Å². The molecule has 0 aromatic rings. The molecule has 0 rings (SSSR count). The first kappa shape index (κ1) is 38.1. The summed E-state index contributed by atoms with van der Waals surface area (Å²) in [5, 5.41) is 8.90. The summed E-state index contributed by atoms with van der Waals surface area (Å²) in [7, 11) is 0. The summed E-state index contributed by atoms with van der Waals surface area (Å²) in [6.45, 7) is 18.5. The fourth-order valence-corrected chi connectivity index (χ4v) is 3.43. The number of carboxylic acid groups (broad SMARTS) is 1. The minimum atomic E-state index is -0.852. The Kier molecular flexibility index (Phi) is 21.5. The van der Waals surface area contributed by atoms with Gasteiger partial charge in [0, 0.05) is 5.57 Å². The Morgan fingerprint density at radius 2 is 0.810 bits per heavy atom. The van der Waals surface area contributed by atoms with Gasteiger partial charge in [-0.1, -0.05) is 148 Å². The topological polar surface area (TPSA) is 37.3 Å². The molecule has 0 heterocycles. The molecule has 0 fully saturated rings. The standard InChI is InChI=1S/C40H54O2/c1-32(2)18-12-21-35(5)24-15-27-36(6)25-13-22-33(3)19-10-11-20-34(4)23-14-26-37(7)28-16-29-38(8)30-17-31-39(9)40(41)42/h10-11,13-16,18-20,22-29,31H,12,17,21,30H2,1-9H3,(H,41,42)/b11-10+,22-13+,23-14+,27-15+,28-16+,33-19+,34-20+,35-24+,36-25+,37-26+,38-29+,39-31+. The number of carbonyl (C=O) groups is 1. The lowest BCUT2D eigenvalue weighted by atomic mass is 10.1. The average molecular weight is 567 g/mol. The maximum absolute atomic E-state index is 10.8. The van der Waals surface area contributed by atoms with Crippen molar-refractivity contribution in [1.29, 1.82) is 0 Å². The number of hydrogen-bond acceptors (Lipinski definition) is 1. The normalized spacial score (nSPS) is 15.4. The third-order valence-electron chi connectivity index (χ3n) is 6.16. The molecule has 0 saturated carbocycles. The maximum atomic E-state index is 10.8. The van der Waals surface area contributed by atoms with Gasteiger partial charge in [0.2, 0.25) is 0 Å². The molecule has 0 aliphatic heterocycles. The zero-order valence-electron chi connectivity index (χ0n) is 27.6. The third kappa shape index (κ3) is 23.9. The summed E-state index contributed by atoms with van der Waals surface area (Å²) < 4.78 is 0. The van der Waals surface area contributed by atoms with Crippen LogP contribution in [0.4, 0.5) is 0 Å². The van der Waals surface area contributed by atoms with Crippen molar-refractivity contribution >= 4 is 5.97 Å². The number of hydrogen-bond donors (Lipinski definition) is 1. The van der Waals surface area contributed by atoms with E-state index in [4.69, 9.17) is 5.11 Å². The second-order valence-electron chi connectivity index (χ2n) is 11.0. The van der Waals surface area contributed by atoms with E-state index in [1.165, 1.54) is 33.4 Å². The molecule has 2 heteroatoms. The molecule has 0 aliphatic carbocycles. The number of carboxylic acids is 1. The first-order valence-corrected chi connectivity index (χ1v) is 14.8. The second kappa shape index (κ2) is 23.8. The van der Waals surface area contributed by atoms with Crippen LogP contribution in [-0.4, -0.2) is 11.1 Å². The van der Waals surface area contributed by atoms with Gasteiger partial charge in [0.25, 0.3) is 0 Å². The van der Waals surface area contributed by atoms with Crippen molar-refractivity contribution in [2.24, 2.45) is 0 Å². The SMILES string of the molecule is CC(C)=CCC/C(C)=C/C=C/C(C)=C/C=C/C(C)=C/C=C/C=C(C)/C=C/C=C(C)/C=C/C=C(\C)CC/C=C(\C)C(=O)O. The van der Waals surface area contributed by atoms with Crippen LogP contribution in [0, 0.1) is 0 Å². The van der Waals surface area contributed by atoms with E-state index < -0.39 is 5.97 Å². The molecule has 0 spiro atoms. The van der Waals surface area contributed by atoms with Gasteiger partial charge in [-0.2, -0.15) is 0 Å². The molecule has 0 aromatic carbocycles. The molecule has 226 valence electrons.